The van der Waals surface area contributed by atoms with Crippen molar-refractivity contribution in [3.63, 3.8) is 0 Å². The lowest BCUT2D eigenvalue weighted by Gasteiger charge is -2.33. The zero-order valence-electron chi connectivity index (χ0n) is 17.0. The van der Waals surface area contributed by atoms with Crippen molar-refractivity contribution in [2.45, 2.75) is 56.0 Å². The second kappa shape index (κ2) is 6.76. The molecule has 2 bridgehead atoms. The van der Waals surface area contributed by atoms with Crippen molar-refractivity contribution in [1.82, 2.24) is 4.90 Å². The number of carbonyl (C=O) groups excluding carboxylic acids is 1. The molecule has 5 rings (SSSR count). The Labute approximate surface area is 171 Å². The fourth-order valence-corrected chi connectivity index (χ4v) is 5.58. The largest absolute Gasteiger partial charge is 0.497 e. The Balaban J connectivity index is 1.54. The van der Waals surface area contributed by atoms with E-state index in [1.54, 1.807) is 20.3 Å². The molecule has 1 spiro atoms. The van der Waals surface area contributed by atoms with Gasteiger partial charge in [-0.25, -0.2) is 4.79 Å². The number of benzene rings is 1. The van der Waals surface area contributed by atoms with Gasteiger partial charge in [0.05, 0.1) is 19.3 Å². The van der Waals surface area contributed by atoms with E-state index in [1.165, 1.54) is 0 Å². The Hall–Kier alpha value is -2.55. The minimum absolute atomic E-state index is 0.139. The van der Waals surface area contributed by atoms with E-state index >= 15 is 0 Å². The maximum Gasteiger partial charge on any atom is 0.332 e. The molecule has 0 aromatic heterocycles. The normalized spacial score (nSPS) is 33.1. The van der Waals surface area contributed by atoms with Crippen LogP contribution in [-0.4, -0.2) is 54.9 Å². The molecule has 2 fully saturated rings. The molecule has 0 amide bonds. The molecule has 3 heterocycles. The minimum atomic E-state index is -0.558. The summed E-state index contributed by atoms with van der Waals surface area (Å²) in [6, 6.07) is 8.44. The van der Waals surface area contributed by atoms with Crippen LogP contribution < -0.4 is 4.74 Å². The van der Waals surface area contributed by atoms with Crippen LogP contribution in [0.25, 0.3) is 0 Å². The first kappa shape index (κ1) is 18.5. The van der Waals surface area contributed by atoms with Gasteiger partial charge in [-0.05, 0) is 38.0 Å². The quantitative estimate of drug-likeness (QED) is 0.586. The summed E-state index contributed by atoms with van der Waals surface area (Å²) in [5.41, 5.74) is 2.19. The van der Waals surface area contributed by atoms with Gasteiger partial charge in [0.25, 0.3) is 0 Å². The highest BCUT2D eigenvalue weighted by molar-refractivity contribution is 5.90. The lowest BCUT2D eigenvalue weighted by atomic mass is 9.77. The summed E-state index contributed by atoms with van der Waals surface area (Å²) in [5.74, 6) is 7.09. The number of rotatable bonds is 3. The van der Waals surface area contributed by atoms with Crippen molar-refractivity contribution in [3.05, 3.63) is 53.1 Å². The number of hydrogen-bond acceptors (Lipinski definition) is 5. The van der Waals surface area contributed by atoms with Gasteiger partial charge >= 0.3 is 5.97 Å². The molecule has 150 valence electrons. The highest BCUT2D eigenvalue weighted by atomic mass is 16.6. The van der Waals surface area contributed by atoms with Crippen LogP contribution in [0.3, 0.4) is 0 Å². The van der Waals surface area contributed by atoms with Crippen molar-refractivity contribution in [1.29, 1.82) is 0 Å². The molecule has 0 radical (unpaired) electrons. The van der Waals surface area contributed by atoms with Crippen LogP contribution in [0.2, 0.25) is 0 Å². The molecule has 5 nitrogen and oxygen atoms in total. The first-order chi connectivity index (χ1) is 14.1. The van der Waals surface area contributed by atoms with Crippen molar-refractivity contribution >= 4 is 5.97 Å². The summed E-state index contributed by atoms with van der Waals surface area (Å²) < 4.78 is 16.9. The Morgan fingerprint density at radius 3 is 2.93 bits per heavy atom. The van der Waals surface area contributed by atoms with Crippen molar-refractivity contribution in [2.24, 2.45) is 0 Å². The molecule has 0 N–H and O–H groups in total. The lowest BCUT2D eigenvalue weighted by Crippen LogP contribution is -2.47. The van der Waals surface area contributed by atoms with E-state index < -0.39 is 5.60 Å². The Morgan fingerprint density at radius 1 is 1.28 bits per heavy atom. The number of fused-ring (bicyclic) bond motifs is 3. The lowest BCUT2D eigenvalue weighted by molar-refractivity contribution is -0.147. The third-order valence-electron chi connectivity index (χ3n) is 6.89. The molecule has 1 unspecified atom stereocenters. The topological polar surface area (TPSA) is 48.0 Å². The summed E-state index contributed by atoms with van der Waals surface area (Å²) in [7, 11) is 3.41. The number of methoxy groups -OCH3 is 2. The summed E-state index contributed by atoms with van der Waals surface area (Å²) >= 11 is 0. The number of hydrogen-bond donors (Lipinski definition) is 0. The van der Waals surface area contributed by atoms with E-state index in [4.69, 9.17) is 14.2 Å². The standard InChI is InChI=1S/C24H25NO4/c1-15(27-2)21-9-10-22-24-14-18(25(21)22)12-17(20(24)13-23(26)29-24)8-7-16-5-4-6-19(11-16)28-3/h4-6,11-13,15,18,21-22H,9-10,14H2,1-3H3/t15?,18-,21-,22-,24+/m1/s1. The molecule has 1 aliphatic carbocycles. The van der Waals surface area contributed by atoms with E-state index in [1.807, 2.05) is 24.3 Å². The maximum atomic E-state index is 12.3. The summed E-state index contributed by atoms with van der Waals surface area (Å²) in [5, 5.41) is 0. The Morgan fingerprint density at radius 2 is 2.14 bits per heavy atom. The average Bonchev–Trinajstić information content (AvgIpc) is 3.39. The van der Waals surface area contributed by atoms with Crippen LogP contribution in [0, 0.1) is 11.8 Å². The molecular weight excluding hydrogens is 366 g/mol. The summed E-state index contributed by atoms with van der Waals surface area (Å²) in [6.45, 7) is 2.12. The van der Waals surface area contributed by atoms with Crippen LogP contribution >= 0.6 is 0 Å². The number of ether oxygens (including phenoxy) is 3. The Kier molecular flexibility index (Phi) is 4.31. The molecule has 1 aromatic carbocycles. The van der Waals surface area contributed by atoms with Gasteiger partial charge in [-0.15, -0.1) is 0 Å². The second-order valence-electron chi connectivity index (χ2n) is 8.25. The smallest absolute Gasteiger partial charge is 0.332 e. The molecule has 0 saturated carbocycles. The van der Waals surface area contributed by atoms with E-state index in [9.17, 15) is 4.79 Å². The molecule has 29 heavy (non-hydrogen) atoms. The predicted octanol–water partition coefficient (Wildman–Crippen LogP) is 2.85. The SMILES string of the molecule is COc1cccc(C#CC2=C[C@@H]3C[C@@]4(OC(=O)C=C24)[C@H]2CC[C@H](C(C)OC)N32)c1. The molecule has 3 aliphatic heterocycles. The van der Waals surface area contributed by atoms with Crippen LogP contribution in [0.15, 0.2) is 47.6 Å². The third-order valence-corrected chi connectivity index (χ3v) is 6.89. The van der Waals surface area contributed by atoms with Crippen molar-refractivity contribution in [2.75, 3.05) is 14.2 Å². The van der Waals surface area contributed by atoms with Gasteiger partial charge in [-0.2, -0.15) is 0 Å². The average molecular weight is 391 g/mol. The second-order valence-corrected chi connectivity index (χ2v) is 8.25. The van der Waals surface area contributed by atoms with E-state index in [2.05, 4.69) is 29.7 Å². The van der Waals surface area contributed by atoms with Crippen LogP contribution in [-0.2, 0) is 14.3 Å². The Bertz CT molecular complexity index is 984. The van der Waals surface area contributed by atoms with Crippen LogP contribution in [0.5, 0.6) is 5.75 Å². The van der Waals surface area contributed by atoms with Gasteiger partial charge in [0.15, 0.2) is 5.60 Å². The maximum absolute atomic E-state index is 12.3. The molecule has 4 aliphatic rings. The molecule has 2 saturated heterocycles. The van der Waals surface area contributed by atoms with Gasteiger partial charge < -0.3 is 14.2 Å². The first-order valence-electron chi connectivity index (χ1n) is 10.2. The predicted molar refractivity (Wildman–Crippen MR) is 108 cm³/mol. The summed E-state index contributed by atoms with van der Waals surface area (Å²) in [4.78, 5) is 14.8. The molecule has 5 heteroatoms. The van der Waals surface area contributed by atoms with Gasteiger partial charge in [0.1, 0.15) is 5.75 Å². The first-order valence-corrected chi connectivity index (χ1v) is 10.2. The molecular formula is C24H25NO4. The monoisotopic (exact) mass is 391 g/mol. The van der Waals surface area contributed by atoms with Crippen molar-refractivity contribution < 1.29 is 19.0 Å². The molecule has 1 aromatic rings. The number of carbonyl (C=O) groups is 1. The fourth-order valence-electron chi connectivity index (χ4n) is 5.58. The van der Waals surface area contributed by atoms with E-state index in [-0.39, 0.29) is 24.2 Å². The zero-order chi connectivity index (χ0) is 20.2. The van der Waals surface area contributed by atoms with Crippen LogP contribution in [0.4, 0.5) is 0 Å². The highest BCUT2D eigenvalue weighted by Gasteiger charge is 2.64. The van der Waals surface area contributed by atoms with Crippen LogP contribution in [0.1, 0.15) is 31.7 Å². The van der Waals surface area contributed by atoms with Gasteiger partial charge in [0, 0.05) is 48.4 Å². The number of esters is 1. The van der Waals surface area contributed by atoms with E-state index in [0.717, 1.165) is 41.7 Å². The minimum Gasteiger partial charge on any atom is -0.497 e. The van der Waals surface area contributed by atoms with Gasteiger partial charge in [-0.1, -0.05) is 24.0 Å². The summed E-state index contributed by atoms with van der Waals surface area (Å²) in [6.07, 6.45) is 6.89. The highest BCUT2D eigenvalue weighted by Crippen LogP contribution is 2.56. The zero-order valence-corrected chi connectivity index (χ0v) is 17.0. The van der Waals surface area contributed by atoms with E-state index in [0.29, 0.717) is 6.04 Å². The number of nitrogens with zero attached hydrogens (tertiary/aromatic N) is 1. The molecule has 5 atom stereocenters. The van der Waals surface area contributed by atoms with Gasteiger partial charge in [0.2, 0.25) is 0 Å². The third kappa shape index (κ3) is 2.74. The fraction of sp³-hybridized carbons (Fsp3) is 0.458. The van der Waals surface area contributed by atoms with Crippen molar-refractivity contribution in [3.8, 4) is 17.6 Å². The van der Waals surface area contributed by atoms with Gasteiger partial charge in [-0.3, -0.25) is 4.90 Å².